The van der Waals surface area contributed by atoms with E-state index in [0.29, 0.717) is 12.6 Å². The van der Waals surface area contributed by atoms with Gasteiger partial charge in [0.1, 0.15) is 6.33 Å². The van der Waals surface area contributed by atoms with Gasteiger partial charge in [0.05, 0.1) is 11.7 Å². The van der Waals surface area contributed by atoms with Crippen LogP contribution in [-0.2, 0) is 0 Å². The summed E-state index contributed by atoms with van der Waals surface area (Å²) in [5.74, 6) is 2.37. The summed E-state index contributed by atoms with van der Waals surface area (Å²) in [6, 6.07) is 2.77. The van der Waals surface area contributed by atoms with Gasteiger partial charge in [-0.25, -0.2) is 9.97 Å². The summed E-state index contributed by atoms with van der Waals surface area (Å²) in [7, 11) is 0. The molecule has 1 aliphatic rings. The lowest BCUT2D eigenvalue weighted by Crippen LogP contribution is -2.45. The van der Waals surface area contributed by atoms with Crippen LogP contribution in [0.2, 0.25) is 0 Å². The molecule has 2 N–H and O–H groups in total. The minimum absolute atomic E-state index is 0.235. The van der Waals surface area contributed by atoms with E-state index in [1.807, 2.05) is 17.8 Å². The van der Waals surface area contributed by atoms with Crippen LogP contribution in [-0.4, -0.2) is 45.5 Å². The standard InChI is InChI=1S/C11H18N4S/c1-9-7-16-5-4-15(9)11(6-12)10-2-3-13-8-14-10/h2-3,8-9,11H,4-7,12H2,1H3. The fraction of sp³-hybridized carbons (Fsp3) is 0.636. The van der Waals surface area contributed by atoms with Crippen LogP contribution >= 0.6 is 11.8 Å². The normalized spacial score (nSPS) is 24.2. The fourth-order valence-electron chi connectivity index (χ4n) is 2.13. The van der Waals surface area contributed by atoms with Crippen molar-refractivity contribution < 1.29 is 0 Å². The molecule has 1 aromatic rings. The third kappa shape index (κ3) is 2.53. The minimum Gasteiger partial charge on any atom is -0.329 e. The first-order chi connectivity index (χ1) is 7.83. The molecule has 2 unspecified atom stereocenters. The first-order valence-electron chi connectivity index (χ1n) is 5.62. The molecule has 0 amide bonds. The summed E-state index contributed by atoms with van der Waals surface area (Å²) in [6.45, 7) is 3.97. The number of nitrogens with two attached hydrogens (primary N) is 1. The quantitative estimate of drug-likeness (QED) is 0.848. The second-order valence-corrected chi connectivity index (χ2v) is 5.20. The molecule has 1 aromatic heterocycles. The van der Waals surface area contributed by atoms with Crippen molar-refractivity contribution in [2.24, 2.45) is 5.73 Å². The number of rotatable bonds is 3. The maximum Gasteiger partial charge on any atom is 0.115 e. The fourth-order valence-corrected chi connectivity index (χ4v) is 3.17. The van der Waals surface area contributed by atoms with Crippen molar-refractivity contribution in [3.63, 3.8) is 0 Å². The number of thioether (sulfide) groups is 1. The van der Waals surface area contributed by atoms with Crippen LogP contribution in [0.25, 0.3) is 0 Å². The molecule has 88 valence electrons. The minimum atomic E-state index is 0.235. The molecule has 0 aliphatic carbocycles. The third-order valence-electron chi connectivity index (χ3n) is 2.99. The molecule has 0 spiro atoms. The Labute approximate surface area is 101 Å². The highest BCUT2D eigenvalue weighted by molar-refractivity contribution is 7.99. The summed E-state index contributed by atoms with van der Waals surface area (Å²) in [6.07, 6.45) is 3.38. The average molecular weight is 238 g/mol. The Morgan fingerprint density at radius 1 is 1.69 bits per heavy atom. The molecule has 5 heteroatoms. The molecule has 2 heterocycles. The smallest absolute Gasteiger partial charge is 0.115 e. The highest BCUT2D eigenvalue weighted by atomic mass is 32.2. The zero-order valence-electron chi connectivity index (χ0n) is 9.54. The monoisotopic (exact) mass is 238 g/mol. The van der Waals surface area contributed by atoms with Gasteiger partial charge in [-0.1, -0.05) is 0 Å². The first kappa shape index (κ1) is 11.8. The number of hydrogen-bond donors (Lipinski definition) is 1. The Bertz CT molecular complexity index is 319. The van der Waals surface area contributed by atoms with Crippen molar-refractivity contribution in [2.45, 2.75) is 19.0 Å². The molecule has 1 aliphatic heterocycles. The Morgan fingerprint density at radius 2 is 2.56 bits per heavy atom. The van der Waals surface area contributed by atoms with Crippen LogP contribution in [0.3, 0.4) is 0 Å². The van der Waals surface area contributed by atoms with Gasteiger partial charge in [-0.15, -0.1) is 0 Å². The second-order valence-electron chi connectivity index (χ2n) is 4.05. The lowest BCUT2D eigenvalue weighted by atomic mass is 10.1. The molecule has 2 rings (SSSR count). The lowest BCUT2D eigenvalue weighted by Gasteiger charge is -2.38. The topological polar surface area (TPSA) is 55.0 Å². The number of nitrogens with zero attached hydrogens (tertiary/aromatic N) is 3. The second kappa shape index (κ2) is 5.61. The molecule has 4 nitrogen and oxygen atoms in total. The Morgan fingerprint density at radius 3 is 3.19 bits per heavy atom. The molecule has 16 heavy (non-hydrogen) atoms. The van der Waals surface area contributed by atoms with Crippen LogP contribution in [0.5, 0.6) is 0 Å². The summed E-state index contributed by atoms with van der Waals surface area (Å²) >= 11 is 2.01. The molecule has 1 saturated heterocycles. The number of hydrogen-bond acceptors (Lipinski definition) is 5. The van der Waals surface area contributed by atoms with Crippen molar-refractivity contribution in [1.29, 1.82) is 0 Å². The van der Waals surface area contributed by atoms with E-state index >= 15 is 0 Å². The molecular weight excluding hydrogens is 220 g/mol. The highest BCUT2D eigenvalue weighted by Gasteiger charge is 2.27. The SMILES string of the molecule is CC1CSCCN1C(CN)c1ccncn1. The molecule has 2 atom stereocenters. The third-order valence-corrected chi connectivity index (χ3v) is 4.18. The summed E-state index contributed by atoms with van der Waals surface area (Å²) in [5, 5.41) is 0. The highest BCUT2D eigenvalue weighted by Crippen LogP contribution is 2.25. The van der Waals surface area contributed by atoms with Crippen molar-refractivity contribution in [1.82, 2.24) is 14.9 Å². The van der Waals surface area contributed by atoms with Gasteiger partial charge in [-0.3, -0.25) is 4.90 Å². The molecule has 0 aromatic carbocycles. The van der Waals surface area contributed by atoms with Gasteiger partial charge < -0.3 is 5.73 Å². The molecule has 0 bridgehead atoms. The predicted octanol–water partition coefficient (Wildman–Crippen LogP) is 0.914. The first-order valence-corrected chi connectivity index (χ1v) is 6.78. The Balaban J connectivity index is 2.15. The van der Waals surface area contributed by atoms with Crippen LogP contribution in [0.15, 0.2) is 18.6 Å². The van der Waals surface area contributed by atoms with Gasteiger partial charge in [-0.05, 0) is 13.0 Å². The summed E-state index contributed by atoms with van der Waals surface area (Å²) in [5.41, 5.74) is 6.93. The van der Waals surface area contributed by atoms with E-state index in [4.69, 9.17) is 5.73 Å². The molecular formula is C11H18N4S. The molecule has 1 fully saturated rings. The largest absolute Gasteiger partial charge is 0.329 e. The van der Waals surface area contributed by atoms with E-state index in [0.717, 1.165) is 12.2 Å². The average Bonchev–Trinajstić information content (AvgIpc) is 2.34. The Hall–Kier alpha value is -0.650. The van der Waals surface area contributed by atoms with E-state index in [-0.39, 0.29) is 6.04 Å². The summed E-state index contributed by atoms with van der Waals surface area (Å²) in [4.78, 5) is 10.7. The van der Waals surface area contributed by atoms with Crippen molar-refractivity contribution >= 4 is 11.8 Å². The van der Waals surface area contributed by atoms with Gasteiger partial charge in [-0.2, -0.15) is 11.8 Å². The van der Waals surface area contributed by atoms with Crippen molar-refractivity contribution in [2.75, 3.05) is 24.6 Å². The van der Waals surface area contributed by atoms with Gasteiger partial charge in [0, 0.05) is 36.8 Å². The van der Waals surface area contributed by atoms with Crippen LogP contribution < -0.4 is 5.73 Å². The van der Waals surface area contributed by atoms with E-state index in [9.17, 15) is 0 Å². The molecule has 0 saturated carbocycles. The van der Waals surface area contributed by atoms with E-state index in [2.05, 4.69) is 21.8 Å². The summed E-state index contributed by atoms with van der Waals surface area (Å²) < 4.78 is 0. The lowest BCUT2D eigenvalue weighted by molar-refractivity contribution is 0.162. The van der Waals surface area contributed by atoms with Gasteiger partial charge >= 0.3 is 0 Å². The van der Waals surface area contributed by atoms with Gasteiger partial charge in [0.15, 0.2) is 0 Å². The Kier molecular flexibility index (Phi) is 4.15. The van der Waals surface area contributed by atoms with Crippen LogP contribution in [0, 0.1) is 0 Å². The van der Waals surface area contributed by atoms with E-state index in [1.54, 1.807) is 12.5 Å². The van der Waals surface area contributed by atoms with Crippen molar-refractivity contribution in [3.05, 3.63) is 24.3 Å². The zero-order valence-corrected chi connectivity index (χ0v) is 10.4. The number of aromatic nitrogens is 2. The predicted molar refractivity (Wildman–Crippen MR) is 67.3 cm³/mol. The maximum atomic E-state index is 5.89. The van der Waals surface area contributed by atoms with Gasteiger partial charge in [0.25, 0.3) is 0 Å². The van der Waals surface area contributed by atoms with Gasteiger partial charge in [0.2, 0.25) is 0 Å². The maximum absolute atomic E-state index is 5.89. The van der Waals surface area contributed by atoms with Crippen molar-refractivity contribution in [3.8, 4) is 0 Å². The zero-order chi connectivity index (χ0) is 11.4. The van der Waals surface area contributed by atoms with E-state index in [1.165, 1.54) is 11.5 Å². The van der Waals surface area contributed by atoms with Crippen LogP contribution in [0.1, 0.15) is 18.7 Å². The van der Waals surface area contributed by atoms with Crippen LogP contribution in [0.4, 0.5) is 0 Å². The van der Waals surface area contributed by atoms with E-state index < -0.39 is 0 Å². The molecule has 0 radical (unpaired) electrons.